The second kappa shape index (κ2) is 7.06. The van der Waals surface area contributed by atoms with Crippen LogP contribution >= 0.6 is 0 Å². The first-order chi connectivity index (χ1) is 8.09. The number of carbonyl (C=O) groups excluding carboxylic acids is 1. The average Bonchev–Trinajstić information content (AvgIpc) is 2.67. The Bertz CT molecular complexity index is 346. The molecule has 0 spiro atoms. The van der Waals surface area contributed by atoms with Gasteiger partial charge in [-0.1, -0.05) is 13.8 Å². The van der Waals surface area contributed by atoms with Gasteiger partial charge in [0.2, 0.25) is 5.91 Å². The predicted molar refractivity (Wildman–Crippen MR) is 67.5 cm³/mol. The summed E-state index contributed by atoms with van der Waals surface area (Å²) in [6, 6.07) is 0.478. The lowest BCUT2D eigenvalue weighted by atomic mass is 10.2. The fourth-order valence-corrected chi connectivity index (χ4v) is 1.48. The van der Waals surface area contributed by atoms with Crippen molar-refractivity contribution in [3.8, 4) is 0 Å². The molecule has 1 amide bonds. The van der Waals surface area contributed by atoms with E-state index in [2.05, 4.69) is 34.7 Å². The predicted octanol–water partition coefficient (Wildman–Crippen LogP) is 1.11. The molecule has 0 atom stereocenters. The van der Waals surface area contributed by atoms with Gasteiger partial charge in [0, 0.05) is 30.3 Å². The molecule has 0 aliphatic rings. The lowest BCUT2D eigenvalue weighted by molar-refractivity contribution is -0.121. The van der Waals surface area contributed by atoms with E-state index in [1.807, 2.05) is 6.92 Å². The van der Waals surface area contributed by atoms with Crippen molar-refractivity contribution in [2.24, 2.45) is 0 Å². The van der Waals surface area contributed by atoms with E-state index in [0.29, 0.717) is 19.0 Å². The maximum atomic E-state index is 11.5. The van der Waals surface area contributed by atoms with Gasteiger partial charge in [-0.15, -0.1) is 0 Å². The summed E-state index contributed by atoms with van der Waals surface area (Å²) in [5.74, 6) is 0.0937. The Balaban J connectivity index is 2.11. The van der Waals surface area contributed by atoms with Crippen LogP contribution in [0.15, 0.2) is 6.20 Å². The number of carbonyl (C=O) groups is 1. The number of amides is 1. The van der Waals surface area contributed by atoms with E-state index in [1.54, 1.807) is 6.20 Å². The minimum atomic E-state index is 0.0937. The first kappa shape index (κ1) is 13.7. The third-order valence-corrected chi connectivity index (χ3v) is 2.54. The summed E-state index contributed by atoms with van der Waals surface area (Å²) in [6.45, 7) is 7.58. The number of aryl methyl sites for hydroxylation is 1. The van der Waals surface area contributed by atoms with Gasteiger partial charge in [0.05, 0.1) is 6.20 Å². The van der Waals surface area contributed by atoms with Crippen molar-refractivity contribution in [3.05, 3.63) is 17.5 Å². The van der Waals surface area contributed by atoms with Crippen LogP contribution in [0.3, 0.4) is 0 Å². The monoisotopic (exact) mass is 238 g/mol. The molecule has 3 N–H and O–H groups in total. The molecule has 0 saturated carbocycles. The second-order valence-electron chi connectivity index (χ2n) is 4.51. The van der Waals surface area contributed by atoms with E-state index in [1.165, 1.54) is 0 Å². The van der Waals surface area contributed by atoms with Crippen LogP contribution in [0.25, 0.3) is 0 Å². The molecule has 1 aromatic heterocycles. The number of aromatic amines is 1. The number of aromatic nitrogens is 2. The Kier molecular flexibility index (Phi) is 5.69. The van der Waals surface area contributed by atoms with Crippen LogP contribution < -0.4 is 10.6 Å². The highest BCUT2D eigenvalue weighted by Crippen LogP contribution is 2.01. The maximum absolute atomic E-state index is 11.5. The van der Waals surface area contributed by atoms with Crippen LogP contribution in [0.4, 0.5) is 0 Å². The van der Waals surface area contributed by atoms with Crippen LogP contribution in [0.2, 0.25) is 0 Å². The summed E-state index contributed by atoms with van der Waals surface area (Å²) in [6.07, 6.45) is 3.18. The van der Waals surface area contributed by atoms with Crippen LogP contribution in [0.1, 0.15) is 37.9 Å². The minimum Gasteiger partial charge on any atom is -0.352 e. The lowest BCUT2D eigenvalue weighted by Crippen LogP contribution is -2.27. The van der Waals surface area contributed by atoms with E-state index in [-0.39, 0.29) is 5.91 Å². The van der Waals surface area contributed by atoms with Crippen molar-refractivity contribution in [2.75, 3.05) is 6.54 Å². The van der Waals surface area contributed by atoms with Gasteiger partial charge < -0.3 is 10.6 Å². The highest BCUT2D eigenvalue weighted by molar-refractivity contribution is 5.75. The molecule has 1 heterocycles. The molecule has 0 radical (unpaired) electrons. The van der Waals surface area contributed by atoms with Crippen LogP contribution in [0.5, 0.6) is 0 Å². The Hall–Kier alpha value is -1.36. The van der Waals surface area contributed by atoms with Crippen molar-refractivity contribution in [1.82, 2.24) is 20.8 Å². The van der Waals surface area contributed by atoms with Gasteiger partial charge >= 0.3 is 0 Å². The SMILES string of the molecule is Cc1[nH]ncc1CNC(=O)CCCNC(C)C. The van der Waals surface area contributed by atoms with Crippen molar-refractivity contribution in [1.29, 1.82) is 0 Å². The van der Waals surface area contributed by atoms with Crippen molar-refractivity contribution >= 4 is 5.91 Å². The van der Waals surface area contributed by atoms with E-state index < -0.39 is 0 Å². The number of nitrogens with one attached hydrogen (secondary N) is 3. The lowest BCUT2D eigenvalue weighted by Gasteiger charge is -2.08. The molecule has 5 heteroatoms. The third kappa shape index (κ3) is 5.49. The average molecular weight is 238 g/mol. The van der Waals surface area contributed by atoms with Gasteiger partial charge in [0.1, 0.15) is 0 Å². The second-order valence-corrected chi connectivity index (χ2v) is 4.51. The van der Waals surface area contributed by atoms with Gasteiger partial charge in [0.15, 0.2) is 0 Å². The van der Waals surface area contributed by atoms with Crippen LogP contribution in [-0.2, 0) is 11.3 Å². The van der Waals surface area contributed by atoms with Gasteiger partial charge in [-0.2, -0.15) is 5.10 Å². The molecule has 0 aliphatic heterocycles. The number of rotatable bonds is 7. The fourth-order valence-electron chi connectivity index (χ4n) is 1.48. The molecule has 1 rings (SSSR count). The molecule has 0 unspecified atom stereocenters. The summed E-state index contributed by atoms with van der Waals surface area (Å²) < 4.78 is 0. The summed E-state index contributed by atoms with van der Waals surface area (Å²) in [7, 11) is 0. The van der Waals surface area contributed by atoms with Gasteiger partial charge in [-0.05, 0) is 19.9 Å². The zero-order valence-electron chi connectivity index (χ0n) is 10.8. The molecule has 1 aromatic rings. The number of hydrogen-bond donors (Lipinski definition) is 3. The summed E-state index contributed by atoms with van der Waals surface area (Å²) in [4.78, 5) is 11.5. The van der Waals surface area contributed by atoms with E-state index in [0.717, 1.165) is 24.2 Å². The maximum Gasteiger partial charge on any atom is 0.220 e. The molecule has 0 bridgehead atoms. The highest BCUT2D eigenvalue weighted by atomic mass is 16.1. The molecule has 0 aliphatic carbocycles. The normalized spacial score (nSPS) is 10.8. The quantitative estimate of drug-likeness (QED) is 0.623. The Morgan fingerprint density at radius 3 is 2.88 bits per heavy atom. The molecule has 0 fully saturated rings. The van der Waals surface area contributed by atoms with Gasteiger partial charge in [-0.25, -0.2) is 0 Å². The zero-order chi connectivity index (χ0) is 12.7. The largest absolute Gasteiger partial charge is 0.352 e. The van der Waals surface area contributed by atoms with Crippen molar-refractivity contribution in [2.45, 2.75) is 46.2 Å². The molecule has 17 heavy (non-hydrogen) atoms. The Morgan fingerprint density at radius 2 is 2.29 bits per heavy atom. The number of nitrogens with zero attached hydrogens (tertiary/aromatic N) is 1. The molecule has 5 nitrogen and oxygen atoms in total. The first-order valence-corrected chi connectivity index (χ1v) is 6.08. The first-order valence-electron chi connectivity index (χ1n) is 6.08. The van der Waals surface area contributed by atoms with E-state index >= 15 is 0 Å². The third-order valence-electron chi connectivity index (χ3n) is 2.54. The fraction of sp³-hybridized carbons (Fsp3) is 0.667. The summed E-state index contributed by atoms with van der Waals surface area (Å²) in [5, 5.41) is 12.9. The summed E-state index contributed by atoms with van der Waals surface area (Å²) >= 11 is 0. The minimum absolute atomic E-state index is 0.0937. The van der Waals surface area contributed by atoms with Gasteiger partial charge in [0.25, 0.3) is 0 Å². The smallest absolute Gasteiger partial charge is 0.220 e. The number of hydrogen-bond acceptors (Lipinski definition) is 3. The molecular formula is C12H22N4O. The van der Waals surface area contributed by atoms with Crippen LogP contribution in [-0.4, -0.2) is 28.7 Å². The van der Waals surface area contributed by atoms with Crippen LogP contribution in [0, 0.1) is 6.92 Å². The molecule has 96 valence electrons. The van der Waals surface area contributed by atoms with E-state index in [9.17, 15) is 4.79 Å². The standard InChI is InChI=1S/C12H22N4O/c1-9(2)13-6-4-5-12(17)14-7-11-8-15-16-10(11)3/h8-9,13H,4-7H2,1-3H3,(H,14,17)(H,15,16). The van der Waals surface area contributed by atoms with Gasteiger partial charge in [-0.3, -0.25) is 9.89 Å². The molecule has 0 saturated heterocycles. The topological polar surface area (TPSA) is 69.8 Å². The molecular weight excluding hydrogens is 216 g/mol. The Labute approximate surface area is 102 Å². The molecule has 0 aromatic carbocycles. The van der Waals surface area contributed by atoms with Crippen molar-refractivity contribution < 1.29 is 4.79 Å². The van der Waals surface area contributed by atoms with E-state index in [4.69, 9.17) is 0 Å². The summed E-state index contributed by atoms with van der Waals surface area (Å²) in [5.41, 5.74) is 2.05. The number of H-pyrrole nitrogens is 1. The Morgan fingerprint density at radius 1 is 1.53 bits per heavy atom. The highest BCUT2D eigenvalue weighted by Gasteiger charge is 2.04. The zero-order valence-corrected chi connectivity index (χ0v) is 10.8. The van der Waals surface area contributed by atoms with Crippen molar-refractivity contribution in [3.63, 3.8) is 0 Å².